The van der Waals surface area contributed by atoms with E-state index in [1.54, 1.807) is 6.07 Å². The summed E-state index contributed by atoms with van der Waals surface area (Å²) in [5, 5.41) is 0. The van der Waals surface area contributed by atoms with Crippen LogP contribution in [0.1, 0.15) is 24.9 Å². The maximum atomic E-state index is 13.7. The largest absolute Gasteiger partial charge is 0.491 e. The Kier molecular flexibility index (Phi) is 5.72. The first-order valence-electron chi connectivity index (χ1n) is 5.74. The van der Waals surface area contributed by atoms with Gasteiger partial charge >= 0.3 is 0 Å². The quantitative estimate of drug-likeness (QED) is 0.726. The highest BCUT2D eigenvalue weighted by Crippen LogP contribution is 2.27. The Bertz CT molecular complexity index is 357. The van der Waals surface area contributed by atoms with Gasteiger partial charge in [-0.2, -0.15) is 0 Å². The van der Waals surface area contributed by atoms with Crippen molar-refractivity contribution < 1.29 is 9.13 Å². The molecule has 2 nitrogen and oxygen atoms in total. The van der Waals surface area contributed by atoms with Gasteiger partial charge in [-0.3, -0.25) is 0 Å². The van der Waals surface area contributed by atoms with Gasteiger partial charge in [0.2, 0.25) is 0 Å². The number of rotatable bonds is 6. The third-order valence-electron chi connectivity index (χ3n) is 2.65. The molecule has 1 aromatic rings. The van der Waals surface area contributed by atoms with Crippen molar-refractivity contribution in [2.45, 2.75) is 19.4 Å². The number of alkyl halides is 1. The molecule has 0 bridgehead atoms. The first kappa shape index (κ1) is 14.3. The summed E-state index contributed by atoms with van der Waals surface area (Å²) in [7, 11) is 3.93. The third-order valence-corrected chi connectivity index (χ3v) is 2.86. The maximum absolute atomic E-state index is 13.7. The predicted octanol–water partition coefficient (Wildman–Crippen LogP) is 3.46. The van der Waals surface area contributed by atoms with E-state index in [0.717, 1.165) is 12.0 Å². The topological polar surface area (TPSA) is 12.5 Å². The fraction of sp³-hybridized carbons (Fsp3) is 0.538. The Balaban J connectivity index is 2.93. The van der Waals surface area contributed by atoms with E-state index in [0.29, 0.717) is 18.2 Å². The van der Waals surface area contributed by atoms with Gasteiger partial charge in [0.05, 0.1) is 6.61 Å². The van der Waals surface area contributed by atoms with Crippen LogP contribution in [0.4, 0.5) is 4.39 Å². The molecule has 0 radical (unpaired) electrons. The van der Waals surface area contributed by atoms with E-state index in [1.165, 1.54) is 6.07 Å². The highest BCUT2D eigenvalue weighted by atomic mass is 35.5. The number of hydrogen-bond acceptors (Lipinski definition) is 2. The van der Waals surface area contributed by atoms with Crippen molar-refractivity contribution in [1.29, 1.82) is 0 Å². The molecule has 1 rings (SSSR count). The summed E-state index contributed by atoms with van der Waals surface area (Å²) >= 11 is 5.77. The van der Waals surface area contributed by atoms with Gasteiger partial charge in [0.1, 0.15) is 0 Å². The van der Waals surface area contributed by atoms with Gasteiger partial charge < -0.3 is 9.64 Å². The van der Waals surface area contributed by atoms with Crippen LogP contribution in [0.3, 0.4) is 0 Å². The predicted molar refractivity (Wildman–Crippen MR) is 69.3 cm³/mol. The molecule has 0 saturated heterocycles. The van der Waals surface area contributed by atoms with Crippen LogP contribution in [-0.2, 0) is 0 Å². The Morgan fingerprint density at radius 2 is 2.12 bits per heavy atom. The van der Waals surface area contributed by atoms with Crippen molar-refractivity contribution in [2.24, 2.45) is 0 Å². The number of ether oxygens (including phenoxy) is 1. The molecule has 0 spiro atoms. The summed E-state index contributed by atoms with van der Waals surface area (Å²) in [5.41, 5.74) is 0.927. The normalized spacial score (nSPS) is 12.8. The second kappa shape index (κ2) is 6.82. The standard InChI is InChI=1S/C13H19ClFNO/c1-4-17-13-6-5-10(9-11(13)15)12(7-8-14)16(2)3/h5-6,9,12H,4,7-8H2,1-3H3. The van der Waals surface area contributed by atoms with Crippen molar-refractivity contribution in [3.05, 3.63) is 29.6 Å². The minimum atomic E-state index is -0.314. The zero-order valence-electron chi connectivity index (χ0n) is 10.5. The summed E-state index contributed by atoms with van der Waals surface area (Å²) < 4.78 is 18.9. The summed E-state index contributed by atoms with van der Waals surface area (Å²) in [6.07, 6.45) is 0.794. The highest BCUT2D eigenvalue weighted by Gasteiger charge is 2.15. The van der Waals surface area contributed by atoms with Crippen molar-refractivity contribution in [3.8, 4) is 5.75 Å². The number of halogens is 2. The zero-order chi connectivity index (χ0) is 12.8. The van der Waals surface area contributed by atoms with Gasteiger partial charge in [0, 0.05) is 11.9 Å². The first-order valence-corrected chi connectivity index (χ1v) is 6.28. The molecule has 1 atom stereocenters. The molecule has 0 heterocycles. The summed E-state index contributed by atoms with van der Waals surface area (Å²) in [5.74, 6) is 0.544. The summed E-state index contributed by atoms with van der Waals surface area (Å²) in [6, 6.07) is 5.24. The van der Waals surface area contributed by atoms with Crippen molar-refractivity contribution in [3.63, 3.8) is 0 Å². The Morgan fingerprint density at radius 3 is 2.59 bits per heavy atom. The molecule has 0 amide bonds. The average Bonchev–Trinajstić information content (AvgIpc) is 2.28. The van der Waals surface area contributed by atoms with E-state index < -0.39 is 0 Å². The van der Waals surface area contributed by atoms with E-state index in [1.807, 2.05) is 32.0 Å². The van der Waals surface area contributed by atoms with Crippen molar-refractivity contribution in [1.82, 2.24) is 4.90 Å². The van der Waals surface area contributed by atoms with Gasteiger partial charge in [0.15, 0.2) is 11.6 Å². The fourth-order valence-corrected chi connectivity index (χ4v) is 2.03. The molecule has 96 valence electrons. The third kappa shape index (κ3) is 3.86. The summed E-state index contributed by atoms with van der Waals surface area (Å²) in [6.45, 7) is 2.30. The van der Waals surface area contributed by atoms with E-state index in [2.05, 4.69) is 0 Å². The van der Waals surface area contributed by atoms with Crippen LogP contribution < -0.4 is 4.74 Å². The molecule has 17 heavy (non-hydrogen) atoms. The van der Waals surface area contributed by atoms with Crippen LogP contribution >= 0.6 is 11.6 Å². The lowest BCUT2D eigenvalue weighted by molar-refractivity contribution is 0.290. The van der Waals surface area contributed by atoms with E-state index >= 15 is 0 Å². The van der Waals surface area contributed by atoms with Crippen molar-refractivity contribution in [2.75, 3.05) is 26.6 Å². The Hall–Kier alpha value is -0.800. The van der Waals surface area contributed by atoms with Crippen LogP contribution in [-0.4, -0.2) is 31.5 Å². The lowest BCUT2D eigenvalue weighted by atomic mass is 10.0. The van der Waals surface area contributed by atoms with Crippen LogP contribution in [0.5, 0.6) is 5.75 Å². The molecule has 1 unspecified atom stereocenters. The minimum Gasteiger partial charge on any atom is -0.491 e. The molecule has 0 aliphatic carbocycles. The molecule has 4 heteroatoms. The average molecular weight is 260 g/mol. The molecular weight excluding hydrogens is 241 g/mol. The molecule has 0 fully saturated rings. The smallest absolute Gasteiger partial charge is 0.165 e. The SMILES string of the molecule is CCOc1ccc(C(CCCl)N(C)C)cc1F. The van der Waals surface area contributed by atoms with Crippen molar-refractivity contribution >= 4 is 11.6 Å². The number of hydrogen-bond donors (Lipinski definition) is 0. The van der Waals surface area contributed by atoms with Gasteiger partial charge in [-0.25, -0.2) is 4.39 Å². The number of benzene rings is 1. The van der Waals surface area contributed by atoms with Gasteiger partial charge in [-0.15, -0.1) is 11.6 Å². The van der Waals surface area contributed by atoms with Gasteiger partial charge in [-0.1, -0.05) is 6.07 Å². The maximum Gasteiger partial charge on any atom is 0.165 e. The summed E-state index contributed by atoms with van der Waals surface area (Å²) in [4.78, 5) is 2.04. The molecule has 0 aromatic heterocycles. The first-order chi connectivity index (χ1) is 8.10. The Morgan fingerprint density at radius 1 is 1.41 bits per heavy atom. The van der Waals surface area contributed by atoms with E-state index in [-0.39, 0.29) is 11.9 Å². The number of nitrogens with zero attached hydrogens (tertiary/aromatic N) is 1. The van der Waals surface area contributed by atoms with Crippen LogP contribution in [0.25, 0.3) is 0 Å². The highest BCUT2D eigenvalue weighted by molar-refractivity contribution is 6.17. The molecule has 0 aliphatic rings. The minimum absolute atomic E-state index is 0.137. The molecule has 1 aromatic carbocycles. The molecular formula is C13H19ClFNO. The Labute approximate surface area is 107 Å². The zero-order valence-corrected chi connectivity index (χ0v) is 11.3. The van der Waals surface area contributed by atoms with Crippen LogP contribution in [0.15, 0.2) is 18.2 Å². The van der Waals surface area contributed by atoms with E-state index in [4.69, 9.17) is 16.3 Å². The lowest BCUT2D eigenvalue weighted by Crippen LogP contribution is -2.20. The molecule has 0 saturated carbocycles. The van der Waals surface area contributed by atoms with Crippen LogP contribution in [0.2, 0.25) is 0 Å². The fourth-order valence-electron chi connectivity index (χ4n) is 1.82. The second-order valence-electron chi connectivity index (χ2n) is 4.08. The monoisotopic (exact) mass is 259 g/mol. The molecule has 0 aliphatic heterocycles. The van der Waals surface area contributed by atoms with Crippen LogP contribution in [0, 0.1) is 5.82 Å². The second-order valence-corrected chi connectivity index (χ2v) is 4.46. The van der Waals surface area contributed by atoms with Gasteiger partial charge in [-0.05, 0) is 45.1 Å². The molecule has 0 N–H and O–H groups in total. The van der Waals surface area contributed by atoms with E-state index in [9.17, 15) is 4.39 Å². The lowest BCUT2D eigenvalue weighted by Gasteiger charge is -2.24. The van der Waals surface area contributed by atoms with Gasteiger partial charge in [0.25, 0.3) is 0 Å².